The monoisotopic (exact) mass is 534 g/mol. The summed E-state index contributed by atoms with van der Waals surface area (Å²) in [4.78, 5) is 10.7. The quantitative estimate of drug-likeness (QED) is 0.510. The molecule has 1 atom stereocenters. The molecule has 0 bridgehead atoms. The van der Waals surface area contributed by atoms with E-state index >= 15 is 0 Å². The number of carboxylic acids is 1. The predicted molar refractivity (Wildman–Crippen MR) is 117 cm³/mol. The molecule has 2 rings (SSSR count). The Bertz CT molecular complexity index is 790. The number of aliphatic hydroxyl groups is 1. The second-order valence-electron chi connectivity index (χ2n) is 5.66. The highest BCUT2D eigenvalue weighted by molar-refractivity contribution is 9.11. The number of ether oxygens (including phenoxy) is 4. The zero-order chi connectivity index (χ0) is 22.1. The molecule has 7 nitrogen and oxygen atoms in total. The van der Waals surface area contributed by atoms with Crippen molar-refractivity contribution in [2.75, 3.05) is 28.4 Å². The number of carbonyl (C=O) groups is 1. The van der Waals surface area contributed by atoms with Crippen LogP contribution in [0.2, 0.25) is 0 Å². The summed E-state index contributed by atoms with van der Waals surface area (Å²) in [6.07, 6.45) is 0.175. The summed E-state index contributed by atoms with van der Waals surface area (Å²) in [5.41, 5.74) is 0.927. The second-order valence-corrected chi connectivity index (χ2v) is 7.25. The van der Waals surface area contributed by atoms with E-state index in [-0.39, 0.29) is 5.56 Å². The number of aliphatic hydroxyl groups excluding tert-OH is 1. The van der Waals surface area contributed by atoms with Crippen molar-refractivity contribution in [2.45, 2.75) is 19.4 Å². The van der Waals surface area contributed by atoms with E-state index in [1.807, 2.05) is 6.92 Å². The number of hydrogen-bond donors (Lipinski definition) is 2. The molecule has 0 amide bonds. The summed E-state index contributed by atoms with van der Waals surface area (Å²) in [5, 5.41) is 18.5. The number of rotatable bonds is 7. The lowest BCUT2D eigenvalue weighted by Gasteiger charge is -2.14. The number of methoxy groups -OCH3 is 4. The van der Waals surface area contributed by atoms with Gasteiger partial charge >= 0.3 is 5.97 Å². The van der Waals surface area contributed by atoms with E-state index in [1.54, 1.807) is 26.4 Å². The largest absolute Gasteiger partial charge is 0.495 e. The minimum atomic E-state index is -1.02. The van der Waals surface area contributed by atoms with Crippen molar-refractivity contribution in [2.24, 2.45) is 0 Å². The van der Waals surface area contributed by atoms with E-state index in [4.69, 9.17) is 24.1 Å². The maximum Gasteiger partial charge on any atom is 0.335 e. The predicted octanol–water partition coefficient (Wildman–Crippen LogP) is 5.07. The molecule has 9 heteroatoms. The smallest absolute Gasteiger partial charge is 0.335 e. The molecule has 160 valence electrons. The summed E-state index contributed by atoms with van der Waals surface area (Å²) in [7, 11) is 6.10. The first-order valence-corrected chi connectivity index (χ1v) is 10.1. The molecule has 2 N–H and O–H groups in total. The molecule has 0 aliphatic carbocycles. The minimum Gasteiger partial charge on any atom is -0.495 e. The average molecular weight is 536 g/mol. The zero-order valence-corrected chi connectivity index (χ0v) is 20.0. The molecule has 0 fully saturated rings. The Morgan fingerprint density at radius 1 is 0.862 bits per heavy atom. The summed E-state index contributed by atoms with van der Waals surface area (Å²) in [6.45, 7) is 1.92. The van der Waals surface area contributed by atoms with Crippen LogP contribution in [0.5, 0.6) is 23.0 Å². The fraction of sp³-hybridized carbons (Fsp3) is 0.350. The zero-order valence-electron chi connectivity index (χ0n) is 16.8. The van der Waals surface area contributed by atoms with Gasteiger partial charge < -0.3 is 29.2 Å². The Hall–Kier alpha value is -1.97. The van der Waals surface area contributed by atoms with Gasteiger partial charge in [0.1, 0.15) is 31.9 Å². The fourth-order valence-corrected chi connectivity index (χ4v) is 3.42. The van der Waals surface area contributed by atoms with Gasteiger partial charge in [0.25, 0.3) is 0 Å². The van der Waals surface area contributed by atoms with Gasteiger partial charge in [-0.2, -0.15) is 0 Å². The topological polar surface area (TPSA) is 94.5 Å². The molecule has 0 saturated carbocycles. The lowest BCUT2D eigenvalue weighted by molar-refractivity contribution is 0.0696. The highest BCUT2D eigenvalue weighted by atomic mass is 79.9. The molecule has 1 unspecified atom stereocenters. The third kappa shape index (κ3) is 6.52. The van der Waals surface area contributed by atoms with Crippen LogP contribution in [0.15, 0.2) is 33.2 Å². The van der Waals surface area contributed by atoms with Crippen molar-refractivity contribution in [1.82, 2.24) is 0 Å². The third-order valence-electron chi connectivity index (χ3n) is 3.93. The maximum absolute atomic E-state index is 10.7. The van der Waals surface area contributed by atoms with Crippen LogP contribution in [-0.2, 0) is 0 Å². The van der Waals surface area contributed by atoms with Gasteiger partial charge in [-0.05, 0) is 68.1 Å². The van der Waals surface area contributed by atoms with E-state index in [2.05, 4.69) is 31.9 Å². The Morgan fingerprint density at radius 2 is 1.21 bits per heavy atom. The first kappa shape index (κ1) is 25.1. The van der Waals surface area contributed by atoms with Gasteiger partial charge in [-0.1, -0.05) is 6.92 Å². The first-order chi connectivity index (χ1) is 13.7. The summed E-state index contributed by atoms with van der Waals surface area (Å²) in [5.74, 6) is 1.17. The number of hydrogen-bond acceptors (Lipinski definition) is 6. The molecule has 29 heavy (non-hydrogen) atoms. The maximum atomic E-state index is 10.7. The van der Waals surface area contributed by atoms with Crippen LogP contribution >= 0.6 is 31.9 Å². The summed E-state index contributed by atoms with van der Waals surface area (Å²) < 4.78 is 21.7. The lowest BCUT2D eigenvalue weighted by Crippen LogP contribution is -1.99. The molecule has 2 aromatic carbocycles. The van der Waals surface area contributed by atoms with Gasteiger partial charge in [-0.15, -0.1) is 0 Å². The summed E-state index contributed by atoms with van der Waals surface area (Å²) >= 11 is 6.62. The molecule has 0 aromatic heterocycles. The molecule has 0 saturated heterocycles. The molecule has 0 spiro atoms. The number of benzene rings is 2. The molecular weight excluding hydrogens is 512 g/mol. The fourth-order valence-electron chi connectivity index (χ4n) is 2.31. The van der Waals surface area contributed by atoms with Crippen molar-refractivity contribution in [3.8, 4) is 23.0 Å². The molecular formula is C20H24Br2O7. The van der Waals surface area contributed by atoms with Gasteiger partial charge in [0.2, 0.25) is 0 Å². The molecule has 0 heterocycles. The number of carboxylic acid groups (broad SMARTS) is 1. The van der Waals surface area contributed by atoms with Crippen LogP contribution in [0, 0.1) is 0 Å². The van der Waals surface area contributed by atoms with Crippen molar-refractivity contribution in [1.29, 1.82) is 0 Å². The van der Waals surface area contributed by atoms with E-state index in [1.165, 1.54) is 26.4 Å². The van der Waals surface area contributed by atoms with Gasteiger partial charge in [0.05, 0.1) is 40.1 Å². The average Bonchev–Trinajstić information content (AvgIpc) is 2.73. The van der Waals surface area contributed by atoms with Crippen molar-refractivity contribution in [3.63, 3.8) is 0 Å². The second kappa shape index (κ2) is 11.9. The van der Waals surface area contributed by atoms with Crippen molar-refractivity contribution in [3.05, 3.63) is 44.3 Å². The highest BCUT2D eigenvalue weighted by Crippen LogP contribution is 2.38. The highest BCUT2D eigenvalue weighted by Gasteiger charge is 2.14. The van der Waals surface area contributed by atoms with Crippen LogP contribution in [0.3, 0.4) is 0 Å². The van der Waals surface area contributed by atoms with Gasteiger partial charge in [0.15, 0.2) is 0 Å². The molecule has 0 aliphatic heterocycles. The Kier molecular flexibility index (Phi) is 10.3. The van der Waals surface area contributed by atoms with Crippen LogP contribution in [0.1, 0.15) is 35.4 Å². The van der Waals surface area contributed by atoms with Crippen LogP contribution in [0.25, 0.3) is 0 Å². The Morgan fingerprint density at radius 3 is 1.48 bits per heavy atom. The Labute approximate surface area is 186 Å². The molecule has 0 aliphatic rings. The van der Waals surface area contributed by atoms with E-state index in [0.29, 0.717) is 33.9 Å². The standard InChI is InChI=1S/C11H15BrO3.C9H9BrO4/c1-4-8(13)7-5-9(14-2)11(12)10(6-7)15-3;1-13-6-3-5(9(11)12)4-7(14-2)8(6)10/h5-6,8,13H,4H2,1-3H3;3-4H,1-2H3,(H,11,12). The van der Waals surface area contributed by atoms with Crippen LogP contribution < -0.4 is 18.9 Å². The SMILES string of the molecule is CCC(O)c1cc(OC)c(Br)c(OC)c1.COc1cc(C(=O)O)cc(OC)c1Br. The van der Waals surface area contributed by atoms with Gasteiger partial charge in [-0.25, -0.2) is 4.79 Å². The third-order valence-corrected chi connectivity index (χ3v) is 5.50. The van der Waals surface area contributed by atoms with E-state index in [0.717, 1.165) is 10.0 Å². The van der Waals surface area contributed by atoms with Gasteiger partial charge in [-0.3, -0.25) is 0 Å². The van der Waals surface area contributed by atoms with Crippen molar-refractivity contribution >= 4 is 37.8 Å². The molecule has 2 aromatic rings. The van der Waals surface area contributed by atoms with Gasteiger partial charge in [0, 0.05) is 0 Å². The summed E-state index contributed by atoms with van der Waals surface area (Å²) in [6, 6.07) is 6.46. The lowest BCUT2D eigenvalue weighted by atomic mass is 10.1. The first-order valence-electron chi connectivity index (χ1n) is 8.48. The normalized spacial score (nSPS) is 11.0. The number of aromatic carboxylic acids is 1. The number of halogens is 2. The van der Waals surface area contributed by atoms with E-state index < -0.39 is 12.1 Å². The van der Waals surface area contributed by atoms with Crippen LogP contribution in [0.4, 0.5) is 0 Å². The minimum absolute atomic E-state index is 0.127. The van der Waals surface area contributed by atoms with Crippen molar-refractivity contribution < 1.29 is 34.0 Å². The van der Waals surface area contributed by atoms with Crippen LogP contribution in [-0.4, -0.2) is 44.6 Å². The Balaban J connectivity index is 0.000000291. The van der Waals surface area contributed by atoms with E-state index in [9.17, 15) is 9.90 Å². The molecule has 0 radical (unpaired) electrons.